The third-order valence-electron chi connectivity index (χ3n) is 6.83. The van der Waals surface area contributed by atoms with Crippen molar-refractivity contribution in [3.05, 3.63) is 23.8 Å². The molecule has 0 spiro atoms. The fourth-order valence-electron chi connectivity index (χ4n) is 4.93. The molecule has 1 saturated carbocycles. The lowest BCUT2D eigenvalue weighted by Crippen LogP contribution is -2.49. The third-order valence-corrected chi connectivity index (χ3v) is 6.83. The van der Waals surface area contributed by atoms with Gasteiger partial charge in [-0.2, -0.15) is 13.2 Å². The van der Waals surface area contributed by atoms with Gasteiger partial charge in [-0.15, -0.1) is 0 Å². The number of ether oxygens (including phenoxy) is 2. The van der Waals surface area contributed by atoms with Crippen molar-refractivity contribution in [2.75, 3.05) is 32.8 Å². The predicted molar refractivity (Wildman–Crippen MR) is 111 cm³/mol. The molecule has 1 amide bonds. The number of carbonyl (C=O) groups is 1. The van der Waals surface area contributed by atoms with Gasteiger partial charge in [0.1, 0.15) is 19.3 Å². The van der Waals surface area contributed by atoms with Crippen LogP contribution < -0.4 is 14.8 Å². The van der Waals surface area contributed by atoms with E-state index in [0.717, 1.165) is 25.9 Å². The highest BCUT2D eigenvalue weighted by atomic mass is 19.4. The van der Waals surface area contributed by atoms with Crippen molar-refractivity contribution < 1.29 is 32.5 Å². The number of hydrogen-bond acceptors (Lipinski definition) is 5. The van der Waals surface area contributed by atoms with Crippen molar-refractivity contribution in [1.82, 2.24) is 10.2 Å². The zero-order valence-electron chi connectivity index (χ0n) is 18.1. The first-order valence-electron chi connectivity index (χ1n) is 11.5. The van der Waals surface area contributed by atoms with Gasteiger partial charge in [0.25, 0.3) is 0 Å². The van der Waals surface area contributed by atoms with Crippen LogP contribution in [-0.4, -0.2) is 61.0 Å². The summed E-state index contributed by atoms with van der Waals surface area (Å²) in [5, 5.41) is 14.1. The molecule has 9 heteroatoms. The number of alkyl halides is 3. The maximum absolute atomic E-state index is 13.0. The Labute approximate surface area is 186 Å². The van der Waals surface area contributed by atoms with Gasteiger partial charge in [-0.1, -0.05) is 6.07 Å². The number of fused-ring (bicyclic) bond motifs is 1. The summed E-state index contributed by atoms with van der Waals surface area (Å²) in [4.78, 5) is 15.1. The minimum absolute atomic E-state index is 0.0247. The van der Waals surface area contributed by atoms with Crippen molar-refractivity contribution in [1.29, 1.82) is 0 Å². The largest absolute Gasteiger partial charge is 0.486 e. The molecule has 2 aliphatic heterocycles. The van der Waals surface area contributed by atoms with Crippen LogP contribution in [-0.2, 0) is 4.79 Å². The van der Waals surface area contributed by atoms with Crippen molar-refractivity contribution in [2.24, 2.45) is 11.8 Å². The Bertz CT molecular complexity index is 790. The second-order valence-electron chi connectivity index (χ2n) is 9.06. The van der Waals surface area contributed by atoms with Gasteiger partial charge in [-0.05, 0) is 69.3 Å². The highest BCUT2D eigenvalue weighted by Gasteiger charge is 2.43. The number of nitrogens with one attached hydrogen (secondary N) is 1. The van der Waals surface area contributed by atoms with Crippen LogP contribution in [0.25, 0.3) is 0 Å². The van der Waals surface area contributed by atoms with Crippen molar-refractivity contribution in [3.8, 4) is 11.5 Å². The molecule has 4 rings (SSSR count). The lowest BCUT2D eigenvalue weighted by Gasteiger charge is -2.33. The number of halogens is 3. The average molecular weight is 457 g/mol. The fourth-order valence-corrected chi connectivity index (χ4v) is 4.93. The normalized spacial score (nSPS) is 25.9. The van der Waals surface area contributed by atoms with Crippen LogP contribution in [0.3, 0.4) is 0 Å². The zero-order valence-corrected chi connectivity index (χ0v) is 18.1. The fraction of sp³-hybridized carbons (Fsp3) is 0.696. The predicted octanol–water partition coefficient (Wildman–Crippen LogP) is 3.44. The summed E-state index contributed by atoms with van der Waals surface area (Å²) in [6.07, 6.45) is -2.65. The Morgan fingerprint density at radius 3 is 2.41 bits per heavy atom. The van der Waals surface area contributed by atoms with Crippen LogP contribution in [0, 0.1) is 11.8 Å². The molecule has 1 aliphatic carbocycles. The molecule has 0 radical (unpaired) electrons. The zero-order chi connectivity index (χ0) is 22.7. The van der Waals surface area contributed by atoms with Crippen molar-refractivity contribution in [2.45, 2.75) is 56.8 Å². The van der Waals surface area contributed by atoms with E-state index in [9.17, 15) is 23.1 Å². The van der Waals surface area contributed by atoms with E-state index in [2.05, 4.69) is 10.2 Å². The molecule has 1 saturated heterocycles. The summed E-state index contributed by atoms with van der Waals surface area (Å²) in [7, 11) is 0. The third kappa shape index (κ3) is 5.49. The molecule has 178 valence electrons. The Hall–Kier alpha value is -2.00. The van der Waals surface area contributed by atoms with E-state index in [1.54, 1.807) is 18.2 Å². The first-order valence-corrected chi connectivity index (χ1v) is 11.5. The van der Waals surface area contributed by atoms with E-state index in [0.29, 0.717) is 36.8 Å². The van der Waals surface area contributed by atoms with Crippen LogP contribution in [0.15, 0.2) is 18.2 Å². The van der Waals surface area contributed by atoms with E-state index in [1.165, 1.54) is 0 Å². The molecule has 2 N–H and O–H groups in total. The van der Waals surface area contributed by atoms with Gasteiger partial charge >= 0.3 is 6.18 Å². The molecule has 2 atom stereocenters. The van der Waals surface area contributed by atoms with E-state index >= 15 is 0 Å². The quantitative estimate of drug-likeness (QED) is 0.686. The highest BCUT2D eigenvalue weighted by Crippen LogP contribution is 2.40. The minimum atomic E-state index is -4.20. The number of carbonyl (C=O) groups excluding carboxylic acids is 1. The van der Waals surface area contributed by atoms with Gasteiger partial charge in [-0.25, -0.2) is 0 Å². The molecule has 0 aromatic heterocycles. The summed E-state index contributed by atoms with van der Waals surface area (Å²) < 4.78 is 50.0. The van der Waals surface area contributed by atoms with Gasteiger partial charge in [0.15, 0.2) is 11.5 Å². The first kappa shape index (κ1) is 23.2. The molecular weight excluding hydrogens is 425 g/mol. The summed E-state index contributed by atoms with van der Waals surface area (Å²) in [5.41, 5.74) is 0.611. The standard InChI is InChI=1S/C23H31F3N2O4/c24-23(25,26)17-6-3-15(4-7-17)22(30)27-18(14-28-9-1-2-10-28)21(29)16-5-8-19-20(13-16)32-12-11-31-19/h5,8,13,15,17-18,21,29H,1-4,6-7,9-12,14H2,(H,27,30)/t15?,17?,18-,21?/m1/s1. The maximum Gasteiger partial charge on any atom is 0.391 e. The number of benzene rings is 1. The molecule has 3 aliphatic rings. The SMILES string of the molecule is O=C(N[C@H](CN1CCCC1)C(O)c1ccc2c(c1)OCCO2)C1CCC(C(F)(F)F)CC1. The Balaban J connectivity index is 1.44. The van der Waals surface area contributed by atoms with Gasteiger partial charge in [-0.3, -0.25) is 4.79 Å². The molecule has 2 heterocycles. The lowest BCUT2D eigenvalue weighted by molar-refractivity contribution is -0.184. The average Bonchev–Trinajstić information content (AvgIpc) is 3.30. The second kappa shape index (κ2) is 9.87. The first-order chi connectivity index (χ1) is 15.3. The van der Waals surface area contributed by atoms with E-state index in [-0.39, 0.29) is 31.6 Å². The Morgan fingerprint density at radius 1 is 1.09 bits per heavy atom. The van der Waals surface area contributed by atoms with Gasteiger partial charge in [0.05, 0.1) is 12.0 Å². The highest BCUT2D eigenvalue weighted by molar-refractivity contribution is 5.79. The number of nitrogens with zero attached hydrogens (tertiary/aromatic N) is 1. The molecule has 6 nitrogen and oxygen atoms in total. The Kier molecular flexibility index (Phi) is 7.14. The number of hydrogen-bond donors (Lipinski definition) is 2. The minimum Gasteiger partial charge on any atom is -0.486 e. The smallest absolute Gasteiger partial charge is 0.391 e. The topological polar surface area (TPSA) is 71.0 Å². The molecular formula is C23H31F3N2O4. The number of aliphatic hydroxyl groups is 1. The van der Waals surface area contributed by atoms with Crippen LogP contribution in [0.1, 0.15) is 50.2 Å². The van der Waals surface area contributed by atoms with E-state index < -0.39 is 30.2 Å². The van der Waals surface area contributed by atoms with Crippen molar-refractivity contribution >= 4 is 5.91 Å². The number of aliphatic hydroxyl groups excluding tert-OH is 1. The number of likely N-dealkylation sites (tertiary alicyclic amines) is 1. The molecule has 1 aromatic rings. The number of rotatable bonds is 6. The molecule has 1 unspecified atom stereocenters. The van der Waals surface area contributed by atoms with Crippen LogP contribution in [0.2, 0.25) is 0 Å². The van der Waals surface area contributed by atoms with Crippen LogP contribution >= 0.6 is 0 Å². The molecule has 32 heavy (non-hydrogen) atoms. The monoisotopic (exact) mass is 456 g/mol. The van der Waals surface area contributed by atoms with Gasteiger partial charge in [0.2, 0.25) is 5.91 Å². The van der Waals surface area contributed by atoms with Crippen LogP contribution in [0.5, 0.6) is 11.5 Å². The summed E-state index contributed by atoms with van der Waals surface area (Å²) in [6.45, 7) is 3.19. The van der Waals surface area contributed by atoms with Crippen molar-refractivity contribution in [3.63, 3.8) is 0 Å². The van der Waals surface area contributed by atoms with E-state index in [1.807, 2.05) is 0 Å². The Morgan fingerprint density at radius 2 is 1.75 bits per heavy atom. The molecule has 2 fully saturated rings. The maximum atomic E-state index is 13.0. The molecule has 1 aromatic carbocycles. The van der Waals surface area contributed by atoms with E-state index in [4.69, 9.17) is 9.47 Å². The second-order valence-corrected chi connectivity index (χ2v) is 9.06. The summed E-state index contributed by atoms with van der Waals surface area (Å²) in [5.74, 6) is -0.873. The lowest BCUT2D eigenvalue weighted by atomic mass is 9.81. The molecule has 0 bridgehead atoms. The number of amides is 1. The van der Waals surface area contributed by atoms with Crippen LogP contribution in [0.4, 0.5) is 13.2 Å². The summed E-state index contributed by atoms with van der Waals surface area (Å²) >= 11 is 0. The van der Waals surface area contributed by atoms with Gasteiger partial charge in [0, 0.05) is 12.5 Å². The summed E-state index contributed by atoms with van der Waals surface area (Å²) in [6, 6.07) is 4.68. The van der Waals surface area contributed by atoms with Gasteiger partial charge < -0.3 is 24.8 Å².